The van der Waals surface area contributed by atoms with E-state index in [1.54, 1.807) is 0 Å². The van der Waals surface area contributed by atoms with Gasteiger partial charge in [-0.05, 0) is 75.3 Å². The zero-order valence-electron chi connectivity index (χ0n) is 24.9. The minimum Gasteiger partial charge on any atom is -0.376 e. The number of benzene rings is 5. The molecule has 0 saturated heterocycles. The van der Waals surface area contributed by atoms with Crippen molar-refractivity contribution in [1.29, 1.82) is 0 Å². The quantitative estimate of drug-likeness (QED) is 0.200. The number of rotatable bonds is 1. The Bertz CT molecular complexity index is 1900. The van der Waals surface area contributed by atoms with E-state index in [4.69, 9.17) is 0 Å². The average Bonchev–Trinajstić information content (AvgIpc) is 2.98. The van der Waals surface area contributed by atoms with Crippen LogP contribution in [0.25, 0.3) is 0 Å². The van der Waals surface area contributed by atoms with Crippen molar-refractivity contribution in [3.05, 3.63) is 154 Å². The summed E-state index contributed by atoms with van der Waals surface area (Å²) in [5.74, 6) is 0. The number of anilines is 2. The van der Waals surface area contributed by atoms with Crippen molar-refractivity contribution in [2.24, 2.45) is 0 Å². The van der Waals surface area contributed by atoms with Crippen LogP contribution in [0.15, 0.2) is 109 Å². The second kappa shape index (κ2) is 8.04. The molecule has 5 aromatic carbocycles. The molecule has 0 fully saturated rings. The van der Waals surface area contributed by atoms with Crippen LogP contribution in [0.1, 0.15) is 79.1 Å². The summed E-state index contributed by atoms with van der Waals surface area (Å²) in [6.45, 7) is 14.4. The van der Waals surface area contributed by atoms with Gasteiger partial charge >= 0.3 is 6.85 Å². The SMILES string of the molecule is Cc1cccc2c1N(B1c3ccccc3C3(C)c4ccccc4C(C)(C)c4cccc1c43)c1ccccc1C2(C)C. The van der Waals surface area contributed by atoms with Gasteiger partial charge in [-0.2, -0.15) is 0 Å². The first kappa shape index (κ1) is 24.7. The van der Waals surface area contributed by atoms with E-state index in [1.165, 1.54) is 66.8 Å². The average molecular weight is 530 g/mol. The highest BCUT2D eigenvalue weighted by molar-refractivity contribution is 6.90. The highest BCUT2D eigenvalue weighted by Gasteiger charge is 2.54. The van der Waals surface area contributed by atoms with Gasteiger partial charge in [-0.1, -0.05) is 131 Å². The predicted molar refractivity (Wildman–Crippen MR) is 174 cm³/mol. The van der Waals surface area contributed by atoms with Gasteiger partial charge in [0.2, 0.25) is 0 Å². The van der Waals surface area contributed by atoms with E-state index in [-0.39, 0.29) is 23.1 Å². The molecule has 41 heavy (non-hydrogen) atoms. The minimum atomic E-state index is -0.228. The smallest absolute Gasteiger partial charge is 0.328 e. The third kappa shape index (κ3) is 2.93. The Hall–Kier alpha value is -4.04. The van der Waals surface area contributed by atoms with E-state index < -0.39 is 0 Å². The first-order chi connectivity index (χ1) is 19.7. The number of aryl methyl sites for hydroxylation is 1. The molecule has 200 valence electrons. The van der Waals surface area contributed by atoms with Gasteiger partial charge in [0.05, 0.1) is 0 Å². The van der Waals surface area contributed by atoms with Crippen LogP contribution in [-0.4, -0.2) is 6.85 Å². The molecule has 5 aromatic rings. The van der Waals surface area contributed by atoms with Crippen LogP contribution in [0, 0.1) is 6.92 Å². The van der Waals surface area contributed by atoms with E-state index in [9.17, 15) is 0 Å². The molecule has 0 amide bonds. The summed E-state index contributed by atoms with van der Waals surface area (Å²) < 4.78 is 0. The summed E-state index contributed by atoms with van der Waals surface area (Å²) in [5.41, 5.74) is 16.4. The van der Waals surface area contributed by atoms with Gasteiger partial charge in [0, 0.05) is 27.6 Å². The maximum absolute atomic E-state index is 2.69. The Morgan fingerprint density at radius 3 is 1.80 bits per heavy atom. The first-order valence-electron chi connectivity index (χ1n) is 15.0. The minimum absolute atomic E-state index is 0.0624. The maximum Gasteiger partial charge on any atom is 0.328 e. The molecule has 2 aliphatic heterocycles. The summed E-state index contributed by atoms with van der Waals surface area (Å²) in [5, 5.41) is 0. The highest BCUT2D eigenvalue weighted by Crippen LogP contribution is 2.55. The molecule has 3 aliphatic rings. The molecule has 0 radical (unpaired) electrons. The van der Waals surface area contributed by atoms with Crippen molar-refractivity contribution in [2.45, 2.75) is 57.8 Å². The third-order valence-corrected chi connectivity index (χ3v) is 10.7. The normalized spacial score (nSPS) is 20.3. The summed E-state index contributed by atoms with van der Waals surface area (Å²) in [4.78, 5) is 2.69. The molecule has 0 saturated carbocycles. The topological polar surface area (TPSA) is 3.24 Å². The standard InChI is InChI=1S/C39H36BN/c1-25-15-13-21-31-36(25)41(34-24-12-10-19-29(34)38(31,4)5)40-32-22-11-9-18-28(32)39(6)27-17-8-7-16-26(27)37(2,3)30-20-14-23-33(40)35(30)39/h7-24H,1-6H3. The van der Waals surface area contributed by atoms with Crippen LogP contribution >= 0.6 is 0 Å². The molecule has 1 unspecified atom stereocenters. The summed E-state index contributed by atoms with van der Waals surface area (Å²) >= 11 is 0. The van der Waals surface area contributed by atoms with Crippen LogP contribution in [0.3, 0.4) is 0 Å². The lowest BCUT2D eigenvalue weighted by Crippen LogP contribution is -2.65. The molecule has 2 heteroatoms. The third-order valence-electron chi connectivity index (χ3n) is 10.7. The highest BCUT2D eigenvalue weighted by atomic mass is 15.1. The molecule has 0 spiro atoms. The summed E-state index contributed by atoms with van der Waals surface area (Å²) in [6.07, 6.45) is 0. The van der Waals surface area contributed by atoms with Crippen LogP contribution in [0.4, 0.5) is 11.4 Å². The Balaban J connectivity index is 1.52. The van der Waals surface area contributed by atoms with Gasteiger partial charge in [0.25, 0.3) is 0 Å². The second-order valence-electron chi connectivity index (χ2n) is 13.5. The van der Waals surface area contributed by atoms with Crippen LogP contribution in [-0.2, 0) is 16.2 Å². The summed E-state index contributed by atoms with van der Waals surface area (Å²) in [7, 11) is 0. The number of fused-ring (bicyclic) bond motifs is 6. The van der Waals surface area contributed by atoms with Crippen molar-refractivity contribution >= 4 is 29.1 Å². The van der Waals surface area contributed by atoms with Gasteiger partial charge < -0.3 is 4.81 Å². The van der Waals surface area contributed by atoms with Crippen molar-refractivity contribution in [3.8, 4) is 0 Å². The fourth-order valence-corrected chi connectivity index (χ4v) is 8.77. The first-order valence-corrected chi connectivity index (χ1v) is 15.0. The molecule has 1 atom stereocenters. The Morgan fingerprint density at radius 1 is 0.488 bits per heavy atom. The van der Waals surface area contributed by atoms with E-state index in [2.05, 4.69) is 156 Å². The molecule has 0 N–H and O–H groups in total. The molecule has 2 heterocycles. The lowest BCUT2D eigenvalue weighted by Gasteiger charge is -2.53. The van der Waals surface area contributed by atoms with Crippen molar-refractivity contribution in [2.75, 3.05) is 4.81 Å². The lowest BCUT2D eigenvalue weighted by molar-refractivity contribution is 0.544. The number of para-hydroxylation sites is 2. The van der Waals surface area contributed by atoms with Crippen LogP contribution < -0.4 is 15.7 Å². The molecule has 8 rings (SSSR count). The second-order valence-corrected chi connectivity index (χ2v) is 13.5. The van der Waals surface area contributed by atoms with Crippen LogP contribution in [0.2, 0.25) is 0 Å². The van der Waals surface area contributed by atoms with Crippen molar-refractivity contribution in [3.63, 3.8) is 0 Å². The van der Waals surface area contributed by atoms with Gasteiger partial charge in [-0.25, -0.2) is 0 Å². The largest absolute Gasteiger partial charge is 0.376 e. The molecular formula is C39H36BN. The molecular weight excluding hydrogens is 493 g/mol. The molecule has 1 aliphatic carbocycles. The molecule has 0 aromatic heterocycles. The van der Waals surface area contributed by atoms with E-state index >= 15 is 0 Å². The Morgan fingerprint density at radius 2 is 1.02 bits per heavy atom. The molecule has 0 bridgehead atoms. The van der Waals surface area contributed by atoms with Gasteiger partial charge in [-0.3, -0.25) is 0 Å². The fourth-order valence-electron chi connectivity index (χ4n) is 8.77. The predicted octanol–water partition coefficient (Wildman–Crippen LogP) is 7.89. The zero-order valence-corrected chi connectivity index (χ0v) is 24.9. The fraction of sp³-hybridized carbons (Fsp3) is 0.231. The lowest BCUT2D eigenvalue weighted by atomic mass is 9.37. The van der Waals surface area contributed by atoms with Gasteiger partial charge in [0.15, 0.2) is 0 Å². The van der Waals surface area contributed by atoms with Crippen molar-refractivity contribution in [1.82, 2.24) is 0 Å². The zero-order chi connectivity index (χ0) is 28.3. The van der Waals surface area contributed by atoms with Crippen LogP contribution in [0.5, 0.6) is 0 Å². The van der Waals surface area contributed by atoms with Gasteiger partial charge in [0.1, 0.15) is 0 Å². The van der Waals surface area contributed by atoms with E-state index in [0.717, 1.165) is 0 Å². The number of nitrogens with zero attached hydrogens (tertiary/aromatic N) is 1. The van der Waals surface area contributed by atoms with E-state index in [0.29, 0.717) is 0 Å². The molecule has 1 nitrogen and oxygen atoms in total. The monoisotopic (exact) mass is 529 g/mol. The van der Waals surface area contributed by atoms with Gasteiger partial charge in [-0.15, -0.1) is 0 Å². The van der Waals surface area contributed by atoms with E-state index in [1.807, 2.05) is 0 Å². The maximum atomic E-state index is 2.69. The number of hydrogen-bond acceptors (Lipinski definition) is 1. The Labute approximate surface area is 245 Å². The Kier molecular flexibility index (Phi) is 4.85. The van der Waals surface area contributed by atoms with Crippen molar-refractivity contribution < 1.29 is 0 Å². The number of hydrogen-bond donors (Lipinski definition) is 0. The summed E-state index contributed by atoms with van der Waals surface area (Å²) in [6, 6.07) is 41.5.